The number of benzene rings is 2. The molecular weight excluding hydrogens is 226 g/mol. The van der Waals surface area contributed by atoms with Crippen LogP contribution in [0.1, 0.15) is 5.56 Å². The molecule has 0 saturated heterocycles. The van der Waals surface area contributed by atoms with Gasteiger partial charge < -0.3 is 5.11 Å². The summed E-state index contributed by atoms with van der Waals surface area (Å²) in [4.78, 5) is 0.287. The molecule has 1 aliphatic rings. The van der Waals surface area contributed by atoms with Gasteiger partial charge in [0.1, 0.15) is 0 Å². The maximum Gasteiger partial charge on any atom is 0.262 e. The molecule has 0 atom stereocenters. The van der Waals surface area contributed by atoms with Crippen molar-refractivity contribution in [3.8, 4) is 0 Å². The zero-order valence-corrected chi connectivity index (χ0v) is 9.08. The minimum absolute atomic E-state index is 0.0969. The van der Waals surface area contributed by atoms with Gasteiger partial charge in [-0.3, -0.25) is 4.72 Å². The zero-order valence-electron chi connectivity index (χ0n) is 8.27. The van der Waals surface area contributed by atoms with Crippen molar-refractivity contribution in [3.05, 3.63) is 35.9 Å². The van der Waals surface area contributed by atoms with Gasteiger partial charge in [0.25, 0.3) is 10.0 Å². The SMILES string of the molecule is O=S1(=O)Nc2cccc3c(CO)ccc1c23. The van der Waals surface area contributed by atoms with E-state index in [1.54, 1.807) is 18.2 Å². The standard InChI is InChI=1S/C11H9NO3S/c13-6-7-4-5-10-11-8(7)2-1-3-9(11)12-16(10,14)15/h1-5,12-13H,6H2. The molecular formula is C11H9NO3S. The first kappa shape index (κ1) is 9.62. The Morgan fingerprint density at radius 2 is 2.00 bits per heavy atom. The van der Waals surface area contributed by atoms with Crippen LogP contribution in [0, 0.1) is 0 Å². The molecule has 5 heteroatoms. The fraction of sp³-hybridized carbons (Fsp3) is 0.0909. The van der Waals surface area contributed by atoms with Crippen molar-refractivity contribution >= 4 is 26.5 Å². The highest BCUT2D eigenvalue weighted by molar-refractivity contribution is 7.93. The number of rotatable bonds is 1. The maximum atomic E-state index is 11.8. The largest absolute Gasteiger partial charge is 0.392 e. The van der Waals surface area contributed by atoms with Crippen LogP contribution < -0.4 is 4.72 Å². The van der Waals surface area contributed by atoms with E-state index < -0.39 is 10.0 Å². The van der Waals surface area contributed by atoms with Crippen LogP contribution in [0.25, 0.3) is 10.8 Å². The molecule has 82 valence electrons. The average molecular weight is 235 g/mol. The van der Waals surface area contributed by atoms with Crippen molar-refractivity contribution in [2.45, 2.75) is 11.5 Å². The lowest BCUT2D eigenvalue weighted by molar-refractivity contribution is 0.283. The monoisotopic (exact) mass is 235 g/mol. The van der Waals surface area contributed by atoms with Gasteiger partial charge in [0.2, 0.25) is 0 Å². The number of anilines is 1. The van der Waals surface area contributed by atoms with E-state index in [9.17, 15) is 13.5 Å². The summed E-state index contributed by atoms with van der Waals surface area (Å²) in [6, 6.07) is 8.49. The van der Waals surface area contributed by atoms with Crippen LogP contribution in [0.5, 0.6) is 0 Å². The second kappa shape index (κ2) is 2.96. The molecule has 1 aliphatic heterocycles. The lowest BCUT2D eigenvalue weighted by atomic mass is 10.0. The van der Waals surface area contributed by atoms with Gasteiger partial charge in [-0.2, -0.15) is 0 Å². The van der Waals surface area contributed by atoms with Gasteiger partial charge in [-0.25, -0.2) is 8.42 Å². The van der Waals surface area contributed by atoms with E-state index in [4.69, 9.17) is 0 Å². The fourth-order valence-electron chi connectivity index (χ4n) is 2.08. The summed E-state index contributed by atoms with van der Waals surface area (Å²) in [5, 5.41) is 10.7. The first-order chi connectivity index (χ1) is 7.63. The number of aliphatic hydroxyl groups is 1. The summed E-state index contributed by atoms with van der Waals surface area (Å²) in [5.41, 5.74) is 1.32. The lowest BCUT2D eigenvalue weighted by Gasteiger charge is -2.03. The predicted octanol–water partition coefficient (Wildman–Crippen LogP) is 1.45. The second-order valence-corrected chi connectivity index (χ2v) is 5.37. The van der Waals surface area contributed by atoms with E-state index >= 15 is 0 Å². The van der Waals surface area contributed by atoms with Gasteiger partial charge in [0, 0.05) is 5.39 Å². The van der Waals surface area contributed by atoms with Gasteiger partial charge in [-0.1, -0.05) is 18.2 Å². The van der Waals surface area contributed by atoms with Crippen LogP contribution in [0.2, 0.25) is 0 Å². The summed E-state index contributed by atoms with van der Waals surface area (Å²) in [6.45, 7) is -0.0969. The first-order valence-electron chi connectivity index (χ1n) is 4.82. The Kier molecular flexibility index (Phi) is 1.78. The molecule has 0 aliphatic carbocycles. The maximum absolute atomic E-state index is 11.8. The van der Waals surface area contributed by atoms with Gasteiger partial charge in [0.05, 0.1) is 17.2 Å². The minimum atomic E-state index is -3.41. The van der Waals surface area contributed by atoms with Crippen molar-refractivity contribution in [1.29, 1.82) is 0 Å². The Morgan fingerprint density at radius 1 is 1.19 bits per heavy atom. The van der Waals surface area contributed by atoms with Crippen molar-refractivity contribution in [2.75, 3.05) is 4.72 Å². The smallest absolute Gasteiger partial charge is 0.262 e. The molecule has 3 rings (SSSR count). The highest BCUT2D eigenvalue weighted by Crippen LogP contribution is 2.38. The highest BCUT2D eigenvalue weighted by Gasteiger charge is 2.27. The molecule has 0 saturated carbocycles. The van der Waals surface area contributed by atoms with Crippen molar-refractivity contribution in [1.82, 2.24) is 0 Å². The molecule has 2 N–H and O–H groups in total. The van der Waals surface area contributed by atoms with E-state index in [1.807, 2.05) is 6.07 Å². The number of nitrogens with one attached hydrogen (secondary N) is 1. The third-order valence-corrected chi connectivity index (χ3v) is 4.20. The van der Waals surface area contributed by atoms with E-state index in [2.05, 4.69) is 4.72 Å². The minimum Gasteiger partial charge on any atom is -0.392 e. The third kappa shape index (κ3) is 1.10. The van der Waals surface area contributed by atoms with Crippen molar-refractivity contribution < 1.29 is 13.5 Å². The molecule has 0 aromatic heterocycles. The Morgan fingerprint density at radius 3 is 2.75 bits per heavy atom. The van der Waals surface area contributed by atoms with Gasteiger partial charge >= 0.3 is 0 Å². The molecule has 2 aromatic carbocycles. The van der Waals surface area contributed by atoms with Crippen LogP contribution in [-0.4, -0.2) is 13.5 Å². The molecule has 16 heavy (non-hydrogen) atoms. The van der Waals surface area contributed by atoms with Gasteiger partial charge in [-0.15, -0.1) is 0 Å². The zero-order chi connectivity index (χ0) is 11.3. The summed E-state index contributed by atoms with van der Waals surface area (Å²) in [5.74, 6) is 0. The van der Waals surface area contributed by atoms with E-state index in [0.717, 1.165) is 10.9 Å². The quantitative estimate of drug-likeness (QED) is 0.786. The molecule has 4 nitrogen and oxygen atoms in total. The van der Waals surface area contributed by atoms with Crippen LogP contribution >= 0.6 is 0 Å². The summed E-state index contributed by atoms with van der Waals surface area (Å²) >= 11 is 0. The van der Waals surface area contributed by atoms with E-state index in [1.165, 1.54) is 6.07 Å². The normalized spacial score (nSPS) is 16.3. The molecule has 2 aromatic rings. The predicted molar refractivity (Wildman–Crippen MR) is 60.7 cm³/mol. The molecule has 0 spiro atoms. The van der Waals surface area contributed by atoms with Gasteiger partial charge in [0.15, 0.2) is 0 Å². The van der Waals surface area contributed by atoms with E-state index in [-0.39, 0.29) is 11.5 Å². The molecule has 0 radical (unpaired) electrons. The Labute approximate surface area is 92.6 Å². The first-order valence-corrected chi connectivity index (χ1v) is 6.30. The van der Waals surface area contributed by atoms with Crippen molar-refractivity contribution in [3.63, 3.8) is 0 Å². The summed E-state index contributed by atoms with van der Waals surface area (Å²) in [7, 11) is -3.41. The molecule has 0 amide bonds. The number of aliphatic hydroxyl groups excluding tert-OH is 1. The van der Waals surface area contributed by atoms with Crippen LogP contribution in [0.15, 0.2) is 35.2 Å². The average Bonchev–Trinajstić information content (AvgIpc) is 2.53. The molecule has 0 bridgehead atoms. The van der Waals surface area contributed by atoms with Crippen molar-refractivity contribution in [2.24, 2.45) is 0 Å². The highest BCUT2D eigenvalue weighted by atomic mass is 32.2. The lowest BCUT2D eigenvalue weighted by Crippen LogP contribution is -2.05. The van der Waals surface area contributed by atoms with E-state index in [0.29, 0.717) is 11.1 Å². The Hall–Kier alpha value is -1.59. The summed E-state index contributed by atoms with van der Waals surface area (Å²) < 4.78 is 26.0. The Balaban J connectivity index is 2.55. The summed E-state index contributed by atoms with van der Waals surface area (Å²) in [6.07, 6.45) is 0. The third-order valence-electron chi connectivity index (χ3n) is 2.80. The Bertz CT molecular complexity index is 692. The topological polar surface area (TPSA) is 66.4 Å². The number of hydrogen-bond donors (Lipinski definition) is 2. The fourth-order valence-corrected chi connectivity index (χ4v) is 3.39. The van der Waals surface area contributed by atoms with Crippen LogP contribution in [0.4, 0.5) is 5.69 Å². The molecule has 1 heterocycles. The molecule has 0 unspecified atom stereocenters. The van der Waals surface area contributed by atoms with Crippen LogP contribution in [-0.2, 0) is 16.6 Å². The number of hydrogen-bond acceptors (Lipinski definition) is 3. The molecule has 0 fully saturated rings. The van der Waals surface area contributed by atoms with Gasteiger partial charge in [-0.05, 0) is 23.1 Å². The second-order valence-electron chi connectivity index (χ2n) is 3.71. The number of sulfonamides is 1. The van der Waals surface area contributed by atoms with Crippen LogP contribution in [0.3, 0.4) is 0 Å².